The van der Waals surface area contributed by atoms with Crippen molar-refractivity contribution in [3.63, 3.8) is 0 Å². The molecule has 6 nitrogen and oxygen atoms in total. The Labute approximate surface area is 137 Å². The van der Waals surface area contributed by atoms with Gasteiger partial charge in [-0.1, -0.05) is 19.3 Å². The zero-order chi connectivity index (χ0) is 17.2. The maximum Gasteiger partial charge on any atom is 0.470 e. The van der Waals surface area contributed by atoms with E-state index in [2.05, 4.69) is 15.5 Å². The van der Waals surface area contributed by atoms with Gasteiger partial charge in [-0.25, -0.2) is 4.79 Å². The molecule has 134 valence electrons. The Morgan fingerprint density at radius 2 is 1.88 bits per heavy atom. The molecule has 0 radical (unpaired) electrons. The summed E-state index contributed by atoms with van der Waals surface area (Å²) in [7, 11) is 0. The summed E-state index contributed by atoms with van der Waals surface area (Å²) >= 11 is 0. The number of carbonyl (C=O) groups excluding carboxylic acids is 1. The van der Waals surface area contributed by atoms with E-state index in [-0.39, 0.29) is 23.9 Å². The fourth-order valence-electron chi connectivity index (χ4n) is 3.39. The van der Waals surface area contributed by atoms with Crippen LogP contribution in [0.25, 0.3) is 0 Å². The number of piperidine rings is 1. The summed E-state index contributed by atoms with van der Waals surface area (Å²) in [6.07, 6.45) is 2.11. The molecule has 1 saturated heterocycles. The summed E-state index contributed by atoms with van der Waals surface area (Å²) < 4.78 is 42.4. The SMILES string of the molecule is O=C(NC1CCCCC1)N1CCCC(c2nnc(C(F)(F)F)o2)C1. The number of hydrogen-bond acceptors (Lipinski definition) is 4. The molecule has 1 unspecified atom stereocenters. The second-order valence-electron chi connectivity index (χ2n) is 6.51. The van der Waals surface area contributed by atoms with E-state index in [1.807, 2.05) is 0 Å². The number of rotatable bonds is 2. The molecular formula is C15H21F3N4O2. The van der Waals surface area contributed by atoms with E-state index in [0.29, 0.717) is 25.9 Å². The Morgan fingerprint density at radius 3 is 2.54 bits per heavy atom. The molecule has 2 fully saturated rings. The van der Waals surface area contributed by atoms with E-state index in [4.69, 9.17) is 4.42 Å². The number of hydrogen-bond donors (Lipinski definition) is 1. The second kappa shape index (κ2) is 6.98. The van der Waals surface area contributed by atoms with Gasteiger partial charge in [0.25, 0.3) is 0 Å². The lowest BCUT2D eigenvalue weighted by Crippen LogP contribution is -2.48. The monoisotopic (exact) mass is 346 g/mol. The van der Waals surface area contributed by atoms with Crippen LogP contribution in [0, 0.1) is 0 Å². The molecule has 0 aromatic carbocycles. The van der Waals surface area contributed by atoms with Gasteiger partial charge in [-0.3, -0.25) is 0 Å². The third kappa shape index (κ3) is 3.99. The Balaban J connectivity index is 1.59. The van der Waals surface area contributed by atoms with Gasteiger partial charge in [0, 0.05) is 19.1 Å². The zero-order valence-electron chi connectivity index (χ0n) is 13.3. The third-order valence-corrected chi connectivity index (χ3v) is 4.67. The number of nitrogens with one attached hydrogen (secondary N) is 1. The van der Waals surface area contributed by atoms with E-state index in [9.17, 15) is 18.0 Å². The van der Waals surface area contributed by atoms with E-state index >= 15 is 0 Å². The van der Waals surface area contributed by atoms with Gasteiger partial charge in [-0.2, -0.15) is 13.2 Å². The Morgan fingerprint density at radius 1 is 1.12 bits per heavy atom. The average Bonchev–Trinajstić information content (AvgIpc) is 3.06. The standard InChI is InChI=1S/C15H21F3N4O2/c16-15(17,18)13-21-20-12(24-13)10-5-4-8-22(9-10)14(23)19-11-6-2-1-3-7-11/h10-11H,1-9H2,(H,19,23). The molecular weight excluding hydrogens is 325 g/mol. The predicted octanol–water partition coefficient (Wildman–Crippen LogP) is 3.31. The van der Waals surface area contributed by atoms with Crippen molar-refractivity contribution in [2.24, 2.45) is 0 Å². The van der Waals surface area contributed by atoms with E-state index in [1.165, 1.54) is 6.42 Å². The van der Waals surface area contributed by atoms with Crippen LogP contribution in [0.2, 0.25) is 0 Å². The highest BCUT2D eigenvalue weighted by molar-refractivity contribution is 5.74. The van der Waals surface area contributed by atoms with Crippen LogP contribution in [0.1, 0.15) is 62.6 Å². The lowest BCUT2D eigenvalue weighted by molar-refractivity contribution is -0.157. The van der Waals surface area contributed by atoms with Crippen LogP contribution in [0.4, 0.5) is 18.0 Å². The molecule has 3 rings (SSSR count). The van der Waals surface area contributed by atoms with Gasteiger partial charge < -0.3 is 14.6 Å². The highest BCUT2D eigenvalue weighted by atomic mass is 19.4. The number of nitrogens with zero attached hydrogens (tertiary/aromatic N) is 3. The minimum absolute atomic E-state index is 0.0440. The van der Waals surface area contributed by atoms with E-state index in [0.717, 1.165) is 25.7 Å². The molecule has 2 aliphatic rings. The number of amides is 2. The molecule has 2 heterocycles. The zero-order valence-corrected chi connectivity index (χ0v) is 13.3. The molecule has 1 aromatic rings. The number of urea groups is 1. The lowest BCUT2D eigenvalue weighted by atomic mass is 9.95. The minimum Gasteiger partial charge on any atom is -0.417 e. The molecule has 24 heavy (non-hydrogen) atoms. The fraction of sp³-hybridized carbons (Fsp3) is 0.800. The molecule has 0 bridgehead atoms. The summed E-state index contributed by atoms with van der Waals surface area (Å²) in [5.41, 5.74) is 0. The minimum atomic E-state index is -4.64. The number of aromatic nitrogens is 2. The smallest absolute Gasteiger partial charge is 0.417 e. The summed E-state index contributed by atoms with van der Waals surface area (Å²) in [5.74, 6) is -1.72. The Hall–Kier alpha value is -1.80. The first kappa shape index (κ1) is 17.0. The molecule has 1 saturated carbocycles. The largest absolute Gasteiger partial charge is 0.470 e. The van der Waals surface area contributed by atoms with Crippen molar-refractivity contribution in [3.05, 3.63) is 11.8 Å². The van der Waals surface area contributed by atoms with Crippen molar-refractivity contribution in [1.82, 2.24) is 20.4 Å². The van der Waals surface area contributed by atoms with Gasteiger partial charge in [0.15, 0.2) is 0 Å². The lowest BCUT2D eigenvalue weighted by Gasteiger charge is -2.33. The van der Waals surface area contributed by atoms with Crippen molar-refractivity contribution >= 4 is 6.03 Å². The van der Waals surface area contributed by atoms with Crippen molar-refractivity contribution in [2.45, 2.75) is 63.1 Å². The van der Waals surface area contributed by atoms with Crippen LogP contribution >= 0.6 is 0 Å². The second-order valence-corrected chi connectivity index (χ2v) is 6.51. The maximum atomic E-state index is 12.6. The molecule has 1 aromatic heterocycles. The molecule has 9 heteroatoms. The van der Waals surface area contributed by atoms with Crippen molar-refractivity contribution in [3.8, 4) is 0 Å². The predicted molar refractivity (Wildman–Crippen MR) is 78.3 cm³/mol. The normalized spacial score (nSPS) is 23.3. The number of likely N-dealkylation sites (tertiary alicyclic amines) is 1. The van der Waals surface area contributed by atoms with Gasteiger partial charge in [-0.15, -0.1) is 10.2 Å². The van der Waals surface area contributed by atoms with Crippen LogP contribution < -0.4 is 5.32 Å². The molecule has 1 atom stereocenters. The number of alkyl halides is 3. The van der Waals surface area contributed by atoms with E-state index < -0.39 is 12.1 Å². The molecule has 2 amide bonds. The topological polar surface area (TPSA) is 71.3 Å². The highest BCUT2D eigenvalue weighted by Gasteiger charge is 2.39. The van der Waals surface area contributed by atoms with Crippen LogP contribution in [0.5, 0.6) is 0 Å². The van der Waals surface area contributed by atoms with Gasteiger partial charge in [0.1, 0.15) is 0 Å². The highest BCUT2D eigenvalue weighted by Crippen LogP contribution is 2.32. The van der Waals surface area contributed by atoms with Gasteiger partial charge in [0.05, 0.1) is 5.92 Å². The molecule has 0 spiro atoms. The van der Waals surface area contributed by atoms with Crippen LogP contribution in [-0.2, 0) is 6.18 Å². The van der Waals surface area contributed by atoms with Crippen LogP contribution in [-0.4, -0.2) is 40.3 Å². The average molecular weight is 346 g/mol. The molecule has 1 N–H and O–H groups in total. The van der Waals surface area contributed by atoms with Gasteiger partial charge in [0.2, 0.25) is 5.89 Å². The Kier molecular flexibility index (Phi) is 4.96. The molecule has 1 aliphatic heterocycles. The first-order valence-corrected chi connectivity index (χ1v) is 8.39. The van der Waals surface area contributed by atoms with Gasteiger partial charge >= 0.3 is 18.1 Å². The van der Waals surface area contributed by atoms with Crippen molar-refractivity contribution in [2.75, 3.05) is 13.1 Å². The van der Waals surface area contributed by atoms with Crippen molar-refractivity contribution < 1.29 is 22.4 Å². The third-order valence-electron chi connectivity index (χ3n) is 4.67. The number of carbonyl (C=O) groups is 1. The summed E-state index contributed by atoms with van der Waals surface area (Å²) in [6, 6.07) is 0.0500. The van der Waals surface area contributed by atoms with Crippen molar-refractivity contribution in [1.29, 1.82) is 0 Å². The first-order chi connectivity index (χ1) is 11.4. The maximum absolute atomic E-state index is 12.6. The Bertz CT molecular complexity index is 569. The quantitative estimate of drug-likeness (QED) is 0.892. The first-order valence-electron chi connectivity index (χ1n) is 8.39. The number of halogens is 3. The molecule has 1 aliphatic carbocycles. The fourth-order valence-corrected chi connectivity index (χ4v) is 3.39. The van der Waals surface area contributed by atoms with Gasteiger partial charge in [-0.05, 0) is 25.7 Å². The van der Waals surface area contributed by atoms with Crippen LogP contribution in [0.3, 0.4) is 0 Å². The van der Waals surface area contributed by atoms with Crippen LogP contribution in [0.15, 0.2) is 4.42 Å². The summed E-state index contributed by atoms with van der Waals surface area (Å²) in [4.78, 5) is 14.0. The summed E-state index contributed by atoms with van der Waals surface area (Å²) in [6.45, 7) is 0.896. The van der Waals surface area contributed by atoms with E-state index in [1.54, 1.807) is 4.90 Å². The summed E-state index contributed by atoms with van der Waals surface area (Å²) in [5, 5.41) is 9.62.